The normalized spacial score (nSPS) is 12.0. The van der Waals surface area contributed by atoms with Gasteiger partial charge in [-0.1, -0.05) is 0 Å². The molecule has 6 N–H and O–H groups in total. The Morgan fingerprint density at radius 3 is 0.464 bits per heavy atom. The van der Waals surface area contributed by atoms with Crippen molar-refractivity contribution in [3.05, 3.63) is 0 Å². The van der Waals surface area contributed by atoms with Crippen molar-refractivity contribution < 1.29 is 142 Å². The second-order valence-corrected chi connectivity index (χ2v) is 6.81. The molecular formula is C3H6F9O12S3Yb. The van der Waals surface area contributed by atoms with E-state index in [1.807, 2.05) is 0 Å². The molecule has 0 aromatic carbocycles. The fourth-order valence-corrected chi connectivity index (χ4v) is 0. The van der Waals surface area contributed by atoms with Gasteiger partial charge in [0.05, 0.1) is 0 Å². The maximum atomic E-state index is 10.7. The Balaban J connectivity index is -0.0000000441. The van der Waals surface area contributed by atoms with Crippen LogP contribution in [0.1, 0.15) is 0 Å². The maximum Gasteiger partial charge on any atom is 3.00 e. The summed E-state index contributed by atoms with van der Waals surface area (Å²) in [4.78, 5) is 0. The zero-order valence-electron chi connectivity index (χ0n) is 11.6. The summed E-state index contributed by atoms with van der Waals surface area (Å²) < 4.78 is 177. The van der Waals surface area contributed by atoms with Crippen molar-refractivity contribution in [3.8, 4) is 0 Å². The maximum absolute atomic E-state index is 10.7. The number of halogens is 9. The Kier molecular flexibility index (Phi) is 24.1. The van der Waals surface area contributed by atoms with E-state index in [2.05, 4.69) is 0 Å². The molecule has 28 heavy (non-hydrogen) atoms. The van der Waals surface area contributed by atoms with Crippen LogP contribution < -0.4 is 0 Å². The third-order valence-electron chi connectivity index (χ3n) is 0.850. The van der Waals surface area contributed by atoms with Crippen molar-refractivity contribution in [3.63, 3.8) is 0 Å². The van der Waals surface area contributed by atoms with Gasteiger partial charge in [0.15, 0.2) is 30.4 Å². The van der Waals surface area contributed by atoms with Crippen LogP contribution in [-0.2, 0) is 30.4 Å². The molecule has 1 radical (unpaired) electrons. The van der Waals surface area contributed by atoms with E-state index in [-0.39, 0.29) is 63.4 Å². The van der Waals surface area contributed by atoms with Gasteiger partial charge in [-0.2, -0.15) is 39.5 Å². The number of rotatable bonds is 0. The molecule has 0 unspecified atom stereocenters. The van der Waals surface area contributed by atoms with E-state index in [1.54, 1.807) is 0 Å². The topological polar surface area (TPSA) is 266 Å². The smallest absolute Gasteiger partial charge is 0.741 e. The summed E-state index contributed by atoms with van der Waals surface area (Å²) >= 11 is 0. The molecular weight excluding hydrogens is 668 g/mol. The number of hydrogen-bond acceptors (Lipinski definition) is 9. The number of alkyl halides is 9. The molecule has 0 bridgehead atoms. The van der Waals surface area contributed by atoms with Crippen LogP contribution >= 0.6 is 0 Å². The third-order valence-corrected chi connectivity index (χ3v) is 2.55. The van der Waals surface area contributed by atoms with E-state index >= 15 is 0 Å². The second-order valence-electron chi connectivity index (χ2n) is 2.70. The zero-order chi connectivity index (χ0) is 21.0. The molecule has 0 heterocycles. The minimum atomic E-state index is -6.09. The van der Waals surface area contributed by atoms with Gasteiger partial charge in [0.1, 0.15) is 0 Å². The van der Waals surface area contributed by atoms with E-state index < -0.39 is 46.9 Å². The van der Waals surface area contributed by atoms with Crippen LogP contribution in [0, 0.1) is 46.9 Å². The van der Waals surface area contributed by atoms with Crippen LogP contribution in [-0.4, -0.2) is 71.9 Å². The van der Waals surface area contributed by atoms with Crippen molar-refractivity contribution in [2.45, 2.75) is 16.5 Å². The molecule has 0 spiro atoms. The van der Waals surface area contributed by atoms with Crippen molar-refractivity contribution in [1.29, 1.82) is 0 Å². The van der Waals surface area contributed by atoms with Crippen LogP contribution in [0.3, 0.4) is 0 Å². The molecule has 0 amide bonds. The molecule has 0 atom stereocenters. The van der Waals surface area contributed by atoms with Crippen molar-refractivity contribution in [2.75, 3.05) is 0 Å². The molecule has 12 nitrogen and oxygen atoms in total. The summed E-state index contributed by atoms with van der Waals surface area (Å²) in [6.45, 7) is 0. The first-order valence-electron chi connectivity index (χ1n) is 3.81. The van der Waals surface area contributed by atoms with Gasteiger partial charge in [0.2, 0.25) is 0 Å². The van der Waals surface area contributed by atoms with E-state index in [0.29, 0.717) is 0 Å². The minimum absolute atomic E-state index is 0. The molecule has 0 aromatic rings. The van der Waals surface area contributed by atoms with Crippen molar-refractivity contribution >= 4 is 30.4 Å². The molecule has 0 rings (SSSR count). The first kappa shape index (κ1) is 46.6. The Bertz CT molecular complexity index is 600. The van der Waals surface area contributed by atoms with E-state index in [0.717, 1.165) is 0 Å². The monoisotopic (exact) mass is 675 g/mol. The SMILES string of the molecule is O.O.O.O=S(=O)([O-])C(F)(F)F.O=S(=O)([O-])C(F)(F)F.O=S(=O)([O-])C(F)(F)F.[Yb+3]. The average molecular weight is 674 g/mol. The van der Waals surface area contributed by atoms with E-state index in [9.17, 15) is 39.5 Å². The van der Waals surface area contributed by atoms with Gasteiger partial charge >= 0.3 is 63.4 Å². The fourth-order valence-electron chi connectivity index (χ4n) is 0. The first-order chi connectivity index (χ1) is 9.75. The predicted molar refractivity (Wildman–Crippen MR) is 58.1 cm³/mol. The Morgan fingerprint density at radius 1 is 0.429 bits per heavy atom. The molecule has 0 fully saturated rings. The Morgan fingerprint density at radius 2 is 0.464 bits per heavy atom. The van der Waals surface area contributed by atoms with Gasteiger partial charge in [-0.15, -0.1) is 0 Å². The summed E-state index contributed by atoms with van der Waals surface area (Å²) in [6, 6.07) is 0. The van der Waals surface area contributed by atoms with E-state index in [4.69, 9.17) is 38.9 Å². The number of hydrogen-bond donors (Lipinski definition) is 0. The van der Waals surface area contributed by atoms with Crippen LogP contribution in [0.15, 0.2) is 0 Å². The van der Waals surface area contributed by atoms with Gasteiger partial charge in [-0.25, -0.2) is 25.3 Å². The fraction of sp³-hybridized carbons (Fsp3) is 1.00. The van der Waals surface area contributed by atoms with Crippen LogP contribution in [0.4, 0.5) is 39.5 Å². The van der Waals surface area contributed by atoms with Crippen molar-refractivity contribution in [2.24, 2.45) is 0 Å². The average Bonchev–Trinajstić information content (AvgIpc) is 2.08. The standard InChI is InChI=1S/3CHF3O3S.3H2O.Yb/c3*2-1(3,4)8(5,6)7;;;;/h3*(H,5,6,7);3*1H2;/q;;;;;;+3/p-3. The van der Waals surface area contributed by atoms with Gasteiger partial charge in [-0.3, -0.25) is 0 Å². The van der Waals surface area contributed by atoms with Crippen LogP contribution in [0.5, 0.6) is 0 Å². The largest absolute Gasteiger partial charge is 3.00 e. The summed E-state index contributed by atoms with van der Waals surface area (Å²) in [6.07, 6.45) is 0. The molecule has 0 saturated heterocycles. The minimum Gasteiger partial charge on any atom is -0.741 e. The van der Waals surface area contributed by atoms with Crippen molar-refractivity contribution in [1.82, 2.24) is 0 Å². The molecule has 0 aliphatic carbocycles. The van der Waals surface area contributed by atoms with Crippen LogP contribution in [0.25, 0.3) is 0 Å². The molecule has 185 valence electrons. The van der Waals surface area contributed by atoms with Gasteiger partial charge in [0.25, 0.3) is 0 Å². The second kappa shape index (κ2) is 14.5. The molecule has 0 aromatic heterocycles. The summed E-state index contributed by atoms with van der Waals surface area (Å²) in [7, 11) is -18.3. The first-order valence-corrected chi connectivity index (χ1v) is 8.04. The molecule has 0 saturated carbocycles. The molecule has 0 aliphatic heterocycles. The zero-order valence-corrected chi connectivity index (χ0v) is 15.7. The summed E-state index contributed by atoms with van der Waals surface area (Å²) in [5, 5.41) is 0. The van der Waals surface area contributed by atoms with Gasteiger partial charge < -0.3 is 30.1 Å². The Labute approximate surface area is 187 Å². The third kappa shape index (κ3) is 22.8. The van der Waals surface area contributed by atoms with Crippen LogP contribution in [0.2, 0.25) is 0 Å². The molecule has 0 aliphatic rings. The predicted octanol–water partition coefficient (Wildman–Crippen LogP) is -2.32. The Hall–Kier alpha value is 0.499. The van der Waals surface area contributed by atoms with Gasteiger partial charge in [0, 0.05) is 0 Å². The van der Waals surface area contributed by atoms with Gasteiger partial charge in [-0.05, 0) is 0 Å². The summed E-state index contributed by atoms with van der Waals surface area (Å²) in [5.41, 5.74) is -16.9. The summed E-state index contributed by atoms with van der Waals surface area (Å²) in [5.74, 6) is 0. The quantitative estimate of drug-likeness (QED) is 0.151. The molecule has 25 heteroatoms. The van der Waals surface area contributed by atoms with E-state index in [1.165, 1.54) is 0 Å².